The standard InChI is InChI=1S/C24H29NO10/c1-6-19(28)32-13-23(14-33-20(29)7-2,15-34-21(30)8-3)16-35-22(31)9-10-24(11-12-25,17(4)26)18(5)27/h6-8H,1-3,9-11,13-16H2,4-5H3. The van der Waals surface area contributed by atoms with Crippen molar-refractivity contribution in [3.63, 3.8) is 0 Å². The Morgan fingerprint density at radius 2 is 1.11 bits per heavy atom. The van der Waals surface area contributed by atoms with E-state index in [9.17, 15) is 28.8 Å². The van der Waals surface area contributed by atoms with E-state index < -0.39 is 85.5 Å². The number of carbonyl (C=O) groups excluding carboxylic acids is 6. The minimum absolute atomic E-state index is 0.264. The molecule has 35 heavy (non-hydrogen) atoms. The molecule has 190 valence electrons. The quantitative estimate of drug-likeness (QED) is 0.125. The van der Waals surface area contributed by atoms with E-state index in [-0.39, 0.29) is 6.42 Å². The van der Waals surface area contributed by atoms with Crippen molar-refractivity contribution in [1.29, 1.82) is 5.26 Å². The van der Waals surface area contributed by atoms with Gasteiger partial charge in [-0.05, 0) is 20.3 Å². The molecule has 0 bridgehead atoms. The summed E-state index contributed by atoms with van der Waals surface area (Å²) in [6, 6.07) is 1.79. The third kappa shape index (κ3) is 10.2. The molecule has 0 radical (unpaired) electrons. The van der Waals surface area contributed by atoms with Crippen LogP contribution in [0.15, 0.2) is 38.0 Å². The Kier molecular flexibility index (Phi) is 13.2. The summed E-state index contributed by atoms with van der Waals surface area (Å²) < 4.78 is 20.3. The predicted molar refractivity (Wildman–Crippen MR) is 120 cm³/mol. The molecular formula is C24H29NO10. The summed E-state index contributed by atoms with van der Waals surface area (Å²) in [5.41, 5.74) is -3.17. The van der Waals surface area contributed by atoms with E-state index in [0.717, 1.165) is 32.1 Å². The first-order valence-electron chi connectivity index (χ1n) is 10.3. The number of hydrogen-bond acceptors (Lipinski definition) is 11. The van der Waals surface area contributed by atoms with Crippen LogP contribution in [0.5, 0.6) is 0 Å². The summed E-state index contributed by atoms with van der Waals surface area (Å²) in [5, 5.41) is 9.03. The van der Waals surface area contributed by atoms with Crippen LogP contribution in [0.4, 0.5) is 0 Å². The molecule has 0 amide bonds. The van der Waals surface area contributed by atoms with Crippen molar-refractivity contribution in [3.05, 3.63) is 38.0 Å². The maximum absolute atomic E-state index is 12.5. The molecule has 0 aromatic carbocycles. The Bertz CT molecular complexity index is 838. The van der Waals surface area contributed by atoms with Gasteiger partial charge in [-0.1, -0.05) is 19.7 Å². The third-order valence-electron chi connectivity index (χ3n) is 5.09. The number of hydrogen-bond donors (Lipinski definition) is 0. The maximum Gasteiger partial charge on any atom is 0.330 e. The number of esters is 4. The van der Waals surface area contributed by atoms with Crippen molar-refractivity contribution in [2.24, 2.45) is 10.8 Å². The summed E-state index contributed by atoms with van der Waals surface area (Å²) in [4.78, 5) is 71.4. The Labute approximate surface area is 203 Å². The van der Waals surface area contributed by atoms with E-state index in [1.165, 1.54) is 0 Å². The first kappa shape index (κ1) is 30.9. The Hall–Kier alpha value is -4.07. The first-order chi connectivity index (χ1) is 16.4. The van der Waals surface area contributed by atoms with E-state index >= 15 is 0 Å². The second kappa shape index (κ2) is 15.0. The van der Waals surface area contributed by atoms with Crippen molar-refractivity contribution in [2.75, 3.05) is 26.4 Å². The molecule has 0 aromatic heterocycles. The monoisotopic (exact) mass is 491 g/mol. The van der Waals surface area contributed by atoms with Crippen molar-refractivity contribution >= 4 is 35.4 Å². The fourth-order valence-electron chi connectivity index (χ4n) is 2.79. The van der Waals surface area contributed by atoms with Gasteiger partial charge in [-0.3, -0.25) is 14.4 Å². The van der Waals surface area contributed by atoms with Crippen LogP contribution in [0.25, 0.3) is 0 Å². The van der Waals surface area contributed by atoms with Crippen LogP contribution in [0, 0.1) is 22.2 Å². The van der Waals surface area contributed by atoms with Gasteiger partial charge in [-0.15, -0.1) is 0 Å². The first-order valence-corrected chi connectivity index (χ1v) is 10.3. The summed E-state index contributed by atoms with van der Waals surface area (Å²) in [6.07, 6.45) is 1.56. The second-order valence-corrected chi connectivity index (χ2v) is 7.63. The summed E-state index contributed by atoms with van der Waals surface area (Å²) in [7, 11) is 0. The Balaban J connectivity index is 5.70. The van der Waals surface area contributed by atoms with Gasteiger partial charge in [0.05, 0.1) is 12.5 Å². The van der Waals surface area contributed by atoms with Crippen molar-refractivity contribution < 1.29 is 47.7 Å². The summed E-state index contributed by atoms with van der Waals surface area (Å²) >= 11 is 0. The van der Waals surface area contributed by atoms with Gasteiger partial charge < -0.3 is 18.9 Å². The molecule has 11 nitrogen and oxygen atoms in total. The van der Waals surface area contributed by atoms with Gasteiger partial charge in [0.15, 0.2) is 0 Å². The van der Waals surface area contributed by atoms with Crippen LogP contribution in [0.3, 0.4) is 0 Å². The molecule has 0 saturated heterocycles. The molecule has 0 spiro atoms. The fourth-order valence-corrected chi connectivity index (χ4v) is 2.79. The van der Waals surface area contributed by atoms with Gasteiger partial charge in [0, 0.05) is 24.6 Å². The van der Waals surface area contributed by atoms with Crippen molar-refractivity contribution in [3.8, 4) is 6.07 Å². The number of nitrogens with zero attached hydrogens (tertiary/aromatic N) is 1. The highest BCUT2D eigenvalue weighted by atomic mass is 16.6. The molecule has 0 fully saturated rings. The van der Waals surface area contributed by atoms with E-state index in [1.807, 2.05) is 0 Å². The SMILES string of the molecule is C=CC(=O)OCC(COC(=O)C=C)(COC(=O)C=C)COC(=O)CCC(CC#N)(C(C)=O)C(C)=O. The van der Waals surface area contributed by atoms with Crippen molar-refractivity contribution in [1.82, 2.24) is 0 Å². The topological polar surface area (TPSA) is 163 Å². The van der Waals surface area contributed by atoms with Gasteiger partial charge in [-0.25, -0.2) is 14.4 Å². The molecule has 0 saturated carbocycles. The summed E-state index contributed by atoms with van der Waals surface area (Å²) in [5.74, 6) is -4.49. The highest BCUT2D eigenvalue weighted by Crippen LogP contribution is 2.31. The van der Waals surface area contributed by atoms with Crippen LogP contribution in [-0.2, 0) is 47.7 Å². The maximum atomic E-state index is 12.5. The van der Waals surface area contributed by atoms with Crippen molar-refractivity contribution in [2.45, 2.75) is 33.1 Å². The largest absolute Gasteiger partial charge is 0.465 e. The van der Waals surface area contributed by atoms with E-state index in [1.54, 1.807) is 6.07 Å². The van der Waals surface area contributed by atoms with Crippen LogP contribution in [0.1, 0.15) is 33.1 Å². The zero-order valence-corrected chi connectivity index (χ0v) is 19.8. The van der Waals surface area contributed by atoms with Gasteiger partial charge in [-0.2, -0.15) is 5.26 Å². The third-order valence-corrected chi connectivity index (χ3v) is 5.09. The van der Waals surface area contributed by atoms with Crippen LogP contribution in [-0.4, -0.2) is 61.9 Å². The Morgan fingerprint density at radius 3 is 1.43 bits per heavy atom. The lowest BCUT2D eigenvalue weighted by Crippen LogP contribution is -2.44. The van der Waals surface area contributed by atoms with Gasteiger partial charge in [0.2, 0.25) is 0 Å². The van der Waals surface area contributed by atoms with Crippen LogP contribution in [0.2, 0.25) is 0 Å². The fraction of sp³-hybridized carbons (Fsp3) is 0.458. The molecule has 0 N–H and O–H groups in total. The molecule has 0 aliphatic heterocycles. The lowest BCUT2D eigenvalue weighted by molar-refractivity contribution is -0.166. The number of rotatable bonds is 17. The number of ketones is 2. The minimum Gasteiger partial charge on any atom is -0.465 e. The molecule has 0 aromatic rings. The normalized spacial score (nSPS) is 10.7. The average molecular weight is 491 g/mol. The lowest BCUT2D eigenvalue weighted by Gasteiger charge is -2.31. The van der Waals surface area contributed by atoms with Gasteiger partial charge >= 0.3 is 23.9 Å². The molecule has 0 aliphatic carbocycles. The molecule has 0 heterocycles. The predicted octanol–water partition coefficient (Wildman–Crippen LogP) is 1.56. The van der Waals surface area contributed by atoms with Gasteiger partial charge in [0.25, 0.3) is 0 Å². The Morgan fingerprint density at radius 1 is 0.743 bits per heavy atom. The number of nitriles is 1. The second-order valence-electron chi connectivity index (χ2n) is 7.63. The molecular weight excluding hydrogens is 462 g/mol. The zero-order chi connectivity index (χ0) is 27.1. The summed E-state index contributed by atoms with van der Waals surface area (Å²) in [6.45, 7) is 10.1. The zero-order valence-electron chi connectivity index (χ0n) is 19.8. The number of ether oxygens (including phenoxy) is 4. The highest BCUT2D eigenvalue weighted by Gasteiger charge is 2.41. The molecule has 0 atom stereocenters. The van der Waals surface area contributed by atoms with Crippen LogP contribution < -0.4 is 0 Å². The molecule has 0 unspecified atom stereocenters. The lowest BCUT2D eigenvalue weighted by atomic mass is 9.74. The van der Waals surface area contributed by atoms with E-state index in [4.69, 9.17) is 24.2 Å². The average Bonchev–Trinajstić information content (AvgIpc) is 2.84. The van der Waals surface area contributed by atoms with Crippen LogP contribution >= 0.6 is 0 Å². The highest BCUT2D eigenvalue weighted by molar-refractivity contribution is 6.05. The number of Topliss-reactive ketones (excluding diaryl/α,β-unsaturated/α-hetero) is 2. The molecule has 11 heteroatoms. The van der Waals surface area contributed by atoms with E-state index in [0.29, 0.717) is 0 Å². The molecule has 0 rings (SSSR count). The minimum atomic E-state index is -1.65. The molecule has 0 aliphatic rings. The number of carbonyl (C=O) groups is 6. The van der Waals surface area contributed by atoms with E-state index in [2.05, 4.69) is 19.7 Å². The smallest absolute Gasteiger partial charge is 0.330 e. The van der Waals surface area contributed by atoms with Gasteiger partial charge in [0.1, 0.15) is 48.8 Å².